The number of nitro benzene ring substituents is 1. The highest BCUT2D eigenvalue weighted by Gasteiger charge is 2.12. The lowest BCUT2D eigenvalue weighted by atomic mass is 10.2. The average molecular weight is 369 g/mol. The van der Waals surface area contributed by atoms with Gasteiger partial charge in [-0.25, -0.2) is 0 Å². The first kappa shape index (κ1) is 17.9. The van der Waals surface area contributed by atoms with E-state index in [9.17, 15) is 10.1 Å². The Balaban J connectivity index is 1.82. The molecule has 0 aliphatic carbocycles. The van der Waals surface area contributed by atoms with Crippen LogP contribution in [0.2, 0.25) is 0 Å². The molecule has 8 heteroatoms. The molecule has 3 aromatic rings. The summed E-state index contributed by atoms with van der Waals surface area (Å²) in [5, 5.41) is 20.6. The standard InChI is InChI=1S/C18H19N5O2S/c1-3-11-22(4-2)14-7-5-13(6-8-14)19-20-18-16-12-15(23(24)25)9-10-17(16)21-26-18/h5-10,12H,3-4,11H2,1-2H3. The van der Waals surface area contributed by atoms with Gasteiger partial charge in [-0.3, -0.25) is 10.1 Å². The molecule has 0 radical (unpaired) electrons. The van der Waals surface area contributed by atoms with Crippen LogP contribution in [-0.2, 0) is 0 Å². The van der Waals surface area contributed by atoms with Gasteiger partial charge in [-0.2, -0.15) is 4.37 Å². The van der Waals surface area contributed by atoms with Crippen LogP contribution in [0.15, 0.2) is 52.7 Å². The number of anilines is 1. The summed E-state index contributed by atoms with van der Waals surface area (Å²) in [7, 11) is 0. The van der Waals surface area contributed by atoms with Crippen LogP contribution in [0.4, 0.5) is 22.1 Å². The molecule has 0 saturated carbocycles. The number of benzene rings is 2. The number of fused-ring (bicyclic) bond motifs is 1. The smallest absolute Gasteiger partial charge is 0.270 e. The number of non-ortho nitro benzene ring substituents is 1. The summed E-state index contributed by atoms with van der Waals surface area (Å²) in [5.74, 6) is 0. The van der Waals surface area contributed by atoms with Crippen molar-refractivity contribution in [2.45, 2.75) is 20.3 Å². The van der Waals surface area contributed by atoms with Crippen molar-refractivity contribution in [2.24, 2.45) is 10.2 Å². The van der Waals surface area contributed by atoms with Crippen molar-refractivity contribution >= 4 is 44.5 Å². The number of azo groups is 1. The van der Waals surface area contributed by atoms with Gasteiger partial charge in [0.1, 0.15) is 0 Å². The van der Waals surface area contributed by atoms with Gasteiger partial charge < -0.3 is 4.90 Å². The number of rotatable bonds is 7. The summed E-state index contributed by atoms with van der Waals surface area (Å²) in [6, 6.07) is 12.5. The molecule has 134 valence electrons. The highest BCUT2D eigenvalue weighted by Crippen LogP contribution is 2.34. The Kier molecular flexibility index (Phi) is 5.52. The maximum Gasteiger partial charge on any atom is 0.270 e. The van der Waals surface area contributed by atoms with Gasteiger partial charge in [-0.05, 0) is 55.2 Å². The molecule has 0 spiro atoms. The molecule has 0 unspecified atom stereocenters. The molecule has 1 aromatic heterocycles. The first-order valence-electron chi connectivity index (χ1n) is 8.43. The van der Waals surface area contributed by atoms with Gasteiger partial charge in [0.15, 0.2) is 5.00 Å². The molecule has 0 bridgehead atoms. The summed E-state index contributed by atoms with van der Waals surface area (Å²) >= 11 is 1.18. The summed E-state index contributed by atoms with van der Waals surface area (Å²) in [6.45, 7) is 6.27. The van der Waals surface area contributed by atoms with Crippen LogP contribution in [0.5, 0.6) is 0 Å². The first-order valence-corrected chi connectivity index (χ1v) is 9.20. The van der Waals surface area contributed by atoms with Crippen LogP contribution in [0.1, 0.15) is 20.3 Å². The Hall–Kier alpha value is -2.87. The van der Waals surface area contributed by atoms with Crippen molar-refractivity contribution in [3.8, 4) is 0 Å². The number of nitro groups is 1. The third-order valence-corrected chi connectivity index (χ3v) is 4.76. The molecule has 0 saturated heterocycles. The Morgan fingerprint density at radius 3 is 2.58 bits per heavy atom. The topological polar surface area (TPSA) is 84.0 Å². The normalized spacial score (nSPS) is 11.3. The Labute approximate surface area is 155 Å². The summed E-state index contributed by atoms with van der Waals surface area (Å²) < 4.78 is 4.26. The second kappa shape index (κ2) is 8.01. The lowest BCUT2D eigenvalue weighted by Gasteiger charge is -2.22. The van der Waals surface area contributed by atoms with E-state index < -0.39 is 4.92 Å². The van der Waals surface area contributed by atoms with E-state index >= 15 is 0 Å². The van der Waals surface area contributed by atoms with Crippen molar-refractivity contribution < 1.29 is 4.92 Å². The summed E-state index contributed by atoms with van der Waals surface area (Å²) in [5.41, 5.74) is 2.59. The predicted molar refractivity (Wildman–Crippen MR) is 105 cm³/mol. The molecule has 26 heavy (non-hydrogen) atoms. The molecule has 0 aliphatic heterocycles. The third kappa shape index (κ3) is 3.85. The van der Waals surface area contributed by atoms with Gasteiger partial charge in [-0.1, -0.05) is 6.92 Å². The zero-order valence-corrected chi connectivity index (χ0v) is 15.4. The zero-order valence-electron chi connectivity index (χ0n) is 14.6. The molecule has 7 nitrogen and oxygen atoms in total. The van der Waals surface area contributed by atoms with Crippen LogP contribution in [-0.4, -0.2) is 22.4 Å². The van der Waals surface area contributed by atoms with E-state index in [2.05, 4.69) is 33.3 Å². The molecule has 0 atom stereocenters. The summed E-state index contributed by atoms with van der Waals surface area (Å²) in [6.07, 6.45) is 1.10. The fourth-order valence-corrected chi connectivity index (χ4v) is 3.36. The van der Waals surface area contributed by atoms with Gasteiger partial charge in [0.25, 0.3) is 5.69 Å². The van der Waals surface area contributed by atoms with Crippen molar-refractivity contribution in [1.82, 2.24) is 4.37 Å². The second-order valence-electron chi connectivity index (χ2n) is 5.74. The molecule has 0 amide bonds. The van der Waals surface area contributed by atoms with E-state index in [0.717, 1.165) is 30.9 Å². The molecule has 0 aliphatic rings. The van der Waals surface area contributed by atoms with E-state index in [4.69, 9.17) is 0 Å². The lowest BCUT2D eigenvalue weighted by molar-refractivity contribution is -0.384. The quantitative estimate of drug-likeness (QED) is 0.297. The monoisotopic (exact) mass is 369 g/mol. The van der Waals surface area contributed by atoms with Crippen molar-refractivity contribution in [3.05, 3.63) is 52.6 Å². The zero-order chi connectivity index (χ0) is 18.5. The largest absolute Gasteiger partial charge is 0.372 e. The van der Waals surface area contributed by atoms with Gasteiger partial charge in [0.2, 0.25) is 0 Å². The van der Waals surface area contributed by atoms with Crippen LogP contribution < -0.4 is 4.90 Å². The second-order valence-corrected chi connectivity index (χ2v) is 6.49. The van der Waals surface area contributed by atoms with Gasteiger partial charge in [0.05, 0.1) is 16.1 Å². The van der Waals surface area contributed by atoms with Gasteiger partial charge in [0, 0.05) is 36.3 Å². The van der Waals surface area contributed by atoms with Crippen molar-refractivity contribution in [3.63, 3.8) is 0 Å². The van der Waals surface area contributed by atoms with E-state index in [1.54, 1.807) is 6.07 Å². The fraction of sp³-hybridized carbons (Fsp3) is 0.278. The lowest BCUT2D eigenvalue weighted by Crippen LogP contribution is -2.23. The fourth-order valence-electron chi connectivity index (χ4n) is 2.68. The molecule has 0 fully saturated rings. The Bertz CT molecular complexity index is 936. The molecular weight excluding hydrogens is 350 g/mol. The Morgan fingerprint density at radius 2 is 1.92 bits per heavy atom. The number of aromatic nitrogens is 1. The summed E-state index contributed by atoms with van der Waals surface area (Å²) in [4.78, 5) is 12.8. The highest BCUT2D eigenvalue weighted by atomic mass is 32.1. The predicted octanol–water partition coefficient (Wildman–Crippen LogP) is 5.86. The maximum atomic E-state index is 10.9. The van der Waals surface area contributed by atoms with Gasteiger partial charge in [-0.15, -0.1) is 10.2 Å². The molecular formula is C18H19N5O2S. The SMILES string of the molecule is CCCN(CC)c1ccc(N=Nc2snc3ccc([N+](=O)[O-])cc23)cc1. The minimum Gasteiger partial charge on any atom is -0.372 e. The van der Waals surface area contributed by atoms with Crippen LogP contribution >= 0.6 is 11.5 Å². The average Bonchev–Trinajstić information content (AvgIpc) is 3.07. The van der Waals surface area contributed by atoms with Crippen LogP contribution in [0.3, 0.4) is 0 Å². The Morgan fingerprint density at radius 1 is 1.15 bits per heavy atom. The van der Waals surface area contributed by atoms with Crippen molar-refractivity contribution in [2.75, 3.05) is 18.0 Å². The minimum atomic E-state index is -0.424. The molecule has 3 rings (SSSR count). The third-order valence-electron chi connectivity index (χ3n) is 4.00. The van der Waals surface area contributed by atoms with E-state index in [1.807, 2.05) is 24.3 Å². The van der Waals surface area contributed by atoms with Crippen LogP contribution in [0.25, 0.3) is 10.9 Å². The number of nitrogens with zero attached hydrogens (tertiary/aromatic N) is 5. The maximum absolute atomic E-state index is 10.9. The number of hydrogen-bond acceptors (Lipinski definition) is 7. The molecule has 1 heterocycles. The molecule has 0 N–H and O–H groups in total. The minimum absolute atomic E-state index is 0.0223. The number of hydrogen-bond donors (Lipinski definition) is 0. The first-order chi connectivity index (χ1) is 12.6. The van der Waals surface area contributed by atoms with Crippen molar-refractivity contribution in [1.29, 1.82) is 0 Å². The van der Waals surface area contributed by atoms with E-state index in [-0.39, 0.29) is 5.69 Å². The van der Waals surface area contributed by atoms with E-state index in [0.29, 0.717) is 15.9 Å². The van der Waals surface area contributed by atoms with Gasteiger partial charge >= 0.3 is 0 Å². The van der Waals surface area contributed by atoms with Crippen LogP contribution in [0, 0.1) is 10.1 Å². The molecule has 2 aromatic carbocycles. The van der Waals surface area contributed by atoms with E-state index in [1.165, 1.54) is 23.7 Å². The highest BCUT2D eigenvalue weighted by molar-refractivity contribution is 7.11.